The van der Waals surface area contributed by atoms with Gasteiger partial charge in [-0.15, -0.1) is 12.6 Å². The highest BCUT2D eigenvalue weighted by atomic mass is 32.1. The van der Waals surface area contributed by atoms with Crippen LogP contribution in [-0.4, -0.2) is 74.1 Å². The first-order chi connectivity index (χ1) is 15.1. The highest BCUT2D eigenvalue weighted by Crippen LogP contribution is 2.25. The summed E-state index contributed by atoms with van der Waals surface area (Å²) in [5.74, 6) is 0.857. The fourth-order valence-electron chi connectivity index (χ4n) is 3.92. The molecule has 1 amide bonds. The fraction of sp³-hybridized carbons (Fsp3) is 0.333. The summed E-state index contributed by atoms with van der Waals surface area (Å²) in [7, 11) is 3.54. The normalized spacial score (nSPS) is 14.6. The van der Waals surface area contributed by atoms with E-state index in [1.54, 1.807) is 18.2 Å². The van der Waals surface area contributed by atoms with Crippen LogP contribution in [0.3, 0.4) is 0 Å². The molecule has 0 atom stereocenters. The van der Waals surface area contributed by atoms with E-state index in [1.807, 2.05) is 43.4 Å². The van der Waals surface area contributed by atoms with Gasteiger partial charge in [0, 0.05) is 68.5 Å². The van der Waals surface area contributed by atoms with Gasteiger partial charge in [-0.1, -0.05) is 12.1 Å². The third kappa shape index (κ3) is 4.78. The second kappa shape index (κ2) is 9.58. The Bertz CT molecular complexity index is 1050. The minimum absolute atomic E-state index is 0.0191. The zero-order chi connectivity index (χ0) is 21.8. The molecule has 4 rings (SSSR count). The Hall–Kier alpha value is -2.77. The predicted molar refractivity (Wildman–Crippen MR) is 128 cm³/mol. The average Bonchev–Trinajstić information content (AvgIpc) is 2.83. The number of anilines is 1. The number of ether oxygens (including phenoxy) is 1. The van der Waals surface area contributed by atoms with Gasteiger partial charge in [-0.05, 0) is 36.4 Å². The van der Waals surface area contributed by atoms with E-state index in [1.165, 1.54) is 5.69 Å². The first kappa shape index (κ1) is 21.5. The Morgan fingerprint density at radius 3 is 2.55 bits per heavy atom. The minimum atomic E-state index is -0.0191. The summed E-state index contributed by atoms with van der Waals surface area (Å²) in [6.45, 7) is 5.43. The van der Waals surface area contributed by atoms with Crippen molar-refractivity contribution in [2.75, 3.05) is 58.3 Å². The van der Waals surface area contributed by atoms with Crippen molar-refractivity contribution in [1.82, 2.24) is 14.8 Å². The average molecular weight is 437 g/mol. The molecule has 0 saturated carbocycles. The van der Waals surface area contributed by atoms with Crippen molar-refractivity contribution in [2.45, 2.75) is 4.90 Å². The van der Waals surface area contributed by atoms with Crippen LogP contribution in [0.4, 0.5) is 5.69 Å². The summed E-state index contributed by atoms with van der Waals surface area (Å²) < 4.78 is 5.24. The lowest BCUT2D eigenvalue weighted by molar-refractivity contribution is 0.0773. The van der Waals surface area contributed by atoms with Gasteiger partial charge >= 0.3 is 0 Å². The molecule has 1 aliphatic heterocycles. The highest BCUT2D eigenvalue weighted by molar-refractivity contribution is 7.80. The van der Waals surface area contributed by atoms with Crippen LogP contribution in [0.15, 0.2) is 59.6 Å². The van der Waals surface area contributed by atoms with Crippen molar-refractivity contribution in [3.05, 3.63) is 60.3 Å². The lowest BCUT2D eigenvalue weighted by atomic mass is 10.1. The third-order valence-electron chi connectivity index (χ3n) is 5.89. The second-order valence-electron chi connectivity index (χ2n) is 7.79. The summed E-state index contributed by atoms with van der Waals surface area (Å²) in [6.07, 6.45) is 1.73. The first-order valence-electron chi connectivity index (χ1n) is 10.5. The second-order valence-corrected chi connectivity index (χ2v) is 8.24. The van der Waals surface area contributed by atoms with Gasteiger partial charge in [0.25, 0.3) is 5.91 Å². The van der Waals surface area contributed by atoms with E-state index in [4.69, 9.17) is 4.74 Å². The highest BCUT2D eigenvalue weighted by Gasteiger charge is 2.20. The number of pyridine rings is 1. The monoisotopic (exact) mass is 436 g/mol. The molecule has 0 bridgehead atoms. The van der Waals surface area contributed by atoms with Crippen LogP contribution in [0.1, 0.15) is 10.4 Å². The molecule has 1 aliphatic rings. The van der Waals surface area contributed by atoms with Crippen molar-refractivity contribution in [1.29, 1.82) is 0 Å². The van der Waals surface area contributed by atoms with Crippen molar-refractivity contribution < 1.29 is 9.53 Å². The van der Waals surface area contributed by atoms with Crippen molar-refractivity contribution in [2.24, 2.45) is 0 Å². The zero-order valence-corrected chi connectivity index (χ0v) is 18.9. The number of carbonyl (C=O) groups excluding carboxylic acids is 1. The maximum atomic E-state index is 13.0. The summed E-state index contributed by atoms with van der Waals surface area (Å²) in [6, 6.07) is 15.9. The molecule has 31 heavy (non-hydrogen) atoms. The van der Waals surface area contributed by atoms with Crippen LogP contribution in [0.2, 0.25) is 0 Å². The van der Waals surface area contributed by atoms with Crippen molar-refractivity contribution in [3.8, 4) is 5.75 Å². The number of piperazine rings is 1. The molecule has 1 aromatic heterocycles. The molecule has 2 heterocycles. The Morgan fingerprint density at radius 1 is 1.10 bits per heavy atom. The SMILES string of the molecule is COc1ccc(N2CCN(CCN(C)C(=O)c3ccc4cccnc4c3S)CC2)cc1. The minimum Gasteiger partial charge on any atom is -0.497 e. The largest absolute Gasteiger partial charge is 0.497 e. The Labute approximate surface area is 188 Å². The van der Waals surface area contributed by atoms with Gasteiger partial charge in [0.15, 0.2) is 0 Å². The van der Waals surface area contributed by atoms with E-state index in [-0.39, 0.29) is 5.91 Å². The predicted octanol–water partition coefficient (Wildman–Crippen LogP) is 3.43. The molecular weight excluding hydrogens is 408 g/mol. The topological polar surface area (TPSA) is 48.9 Å². The molecule has 0 N–H and O–H groups in total. The van der Waals surface area contributed by atoms with Gasteiger partial charge in [-0.25, -0.2) is 0 Å². The number of aromatic nitrogens is 1. The molecule has 2 aromatic carbocycles. The lowest BCUT2D eigenvalue weighted by Crippen LogP contribution is -2.48. The number of methoxy groups -OCH3 is 1. The zero-order valence-electron chi connectivity index (χ0n) is 18.0. The van der Waals surface area contributed by atoms with E-state index in [2.05, 4.69) is 39.5 Å². The Kier molecular flexibility index (Phi) is 6.63. The van der Waals surface area contributed by atoms with Crippen LogP contribution >= 0.6 is 12.6 Å². The summed E-state index contributed by atoms with van der Waals surface area (Å²) >= 11 is 4.59. The van der Waals surface area contributed by atoms with E-state index in [0.717, 1.165) is 49.4 Å². The van der Waals surface area contributed by atoms with Crippen LogP contribution in [-0.2, 0) is 0 Å². The number of rotatable bonds is 6. The van der Waals surface area contributed by atoms with Crippen molar-refractivity contribution >= 4 is 35.1 Å². The lowest BCUT2D eigenvalue weighted by Gasteiger charge is -2.36. The molecule has 1 fully saturated rings. The Morgan fingerprint density at radius 2 is 1.84 bits per heavy atom. The number of benzene rings is 2. The molecular formula is C24H28N4O2S. The molecule has 0 aliphatic carbocycles. The first-order valence-corrected chi connectivity index (χ1v) is 10.9. The van der Waals surface area contributed by atoms with Gasteiger partial charge in [0.2, 0.25) is 0 Å². The van der Waals surface area contributed by atoms with Crippen LogP contribution in [0.5, 0.6) is 5.75 Å². The number of thiol groups is 1. The molecule has 0 radical (unpaired) electrons. The molecule has 7 heteroatoms. The number of amides is 1. The van der Waals surface area contributed by atoms with Gasteiger partial charge in [0.05, 0.1) is 18.2 Å². The fourth-order valence-corrected chi connectivity index (χ4v) is 4.28. The summed E-state index contributed by atoms with van der Waals surface area (Å²) in [5, 5.41) is 0.987. The molecule has 0 unspecified atom stereocenters. The maximum Gasteiger partial charge on any atom is 0.254 e. The quantitative estimate of drug-likeness (QED) is 0.600. The third-order valence-corrected chi connectivity index (χ3v) is 6.34. The molecule has 1 saturated heterocycles. The van der Waals surface area contributed by atoms with Gasteiger partial charge in [0.1, 0.15) is 5.75 Å². The standard InChI is InChI=1S/C24H28N4O2S/c1-26(24(29)21-10-5-18-4-3-11-25-22(18)23(21)31)12-13-27-14-16-28(17-15-27)19-6-8-20(30-2)9-7-19/h3-11,31H,12-17H2,1-2H3. The number of hydrogen-bond acceptors (Lipinski definition) is 6. The summed E-state index contributed by atoms with van der Waals surface area (Å²) in [4.78, 5) is 24.6. The molecule has 0 spiro atoms. The number of fused-ring (bicyclic) bond motifs is 1. The van der Waals surface area contributed by atoms with Crippen LogP contribution in [0.25, 0.3) is 10.9 Å². The van der Waals surface area contributed by atoms with Crippen molar-refractivity contribution in [3.63, 3.8) is 0 Å². The smallest absolute Gasteiger partial charge is 0.254 e. The molecule has 162 valence electrons. The number of likely N-dealkylation sites (N-methyl/N-ethyl adjacent to an activating group) is 1. The molecule has 3 aromatic rings. The Balaban J connectivity index is 1.30. The van der Waals surface area contributed by atoms with Crippen LogP contribution in [0, 0.1) is 0 Å². The number of hydrogen-bond donors (Lipinski definition) is 1. The van der Waals surface area contributed by atoms with Gasteiger partial charge in [-0.3, -0.25) is 14.7 Å². The summed E-state index contributed by atoms with van der Waals surface area (Å²) in [5.41, 5.74) is 2.58. The van der Waals surface area contributed by atoms with Crippen LogP contribution < -0.4 is 9.64 Å². The number of nitrogens with zero attached hydrogens (tertiary/aromatic N) is 4. The number of carbonyl (C=O) groups is 1. The van der Waals surface area contributed by atoms with E-state index in [0.29, 0.717) is 17.0 Å². The molecule has 6 nitrogen and oxygen atoms in total. The maximum absolute atomic E-state index is 13.0. The van der Waals surface area contributed by atoms with E-state index in [9.17, 15) is 4.79 Å². The van der Waals surface area contributed by atoms with Gasteiger partial charge < -0.3 is 14.5 Å². The van der Waals surface area contributed by atoms with E-state index >= 15 is 0 Å². The van der Waals surface area contributed by atoms with E-state index < -0.39 is 0 Å². The van der Waals surface area contributed by atoms with Gasteiger partial charge in [-0.2, -0.15) is 0 Å².